The summed E-state index contributed by atoms with van der Waals surface area (Å²) in [5.74, 6) is 0. The second-order valence-corrected chi connectivity index (χ2v) is 2.40. The van der Waals surface area contributed by atoms with Gasteiger partial charge in [0.2, 0.25) is 0 Å². The molecule has 1 rings (SSSR count). The van der Waals surface area contributed by atoms with Crippen LogP contribution in [0.15, 0.2) is 11.6 Å². The van der Waals surface area contributed by atoms with Crippen molar-refractivity contribution in [1.29, 1.82) is 0 Å². The van der Waals surface area contributed by atoms with Crippen molar-refractivity contribution in [3.63, 3.8) is 0 Å². The second-order valence-electron chi connectivity index (χ2n) is 2.40. The molecule has 8 heavy (non-hydrogen) atoms. The van der Waals surface area contributed by atoms with Gasteiger partial charge >= 0.3 is 0 Å². The molecule has 0 unspecified atom stereocenters. The van der Waals surface area contributed by atoms with E-state index in [0.29, 0.717) is 0 Å². The minimum atomic E-state index is 1.16. The molecule has 0 amide bonds. The maximum atomic E-state index is 2.32. The van der Waals surface area contributed by atoms with E-state index in [1.54, 1.807) is 5.57 Å². The summed E-state index contributed by atoms with van der Waals surface area (Å²) in [6.45, 7) is 4.54. The molecule has 0 spiro atoms. The monoisotopic (exact) mass is 111 g/mol. The summed E-state index contributed by atoms with van der Waals surface area (Å²) in [6.07, 6.45) is 3.55. The van der Waals surface area contributed by atoms with Crippen LogP contribution in [0.1, 0.15) is 13.3 Å². The number of hydrogen-bond acceptors (Lipinski definition) is 1. The Bertz CT molecular complexity index is 105. The summed E-state index contributed by atoms with van der Waals surface area (Å²) in [5, 5.41) is 0. The van der Waals surface area contributed by atoms with Gasteiger partial charge < -0.3 is 4.90 Å². The van der Waals surface area contributed by atoms with Crippen LogP contribution in [0.2, 0.25) is 0 Å². The van der Waals surface area contributed by atoms with Crippen LogP contribution in [0.25, 0.3) is 0 Å². The van der Waals surface area contributed by atoms with Gasteiger partial charge in [-0.05, 0) is 20.0 Å². The minimum Gasteiger partial charge on any atom is -0.303 e. The first-order valence-corrected chi connectivity index (χ1v) is 3.19. The van der Waals surface area contributed by atoms with Crippen LogP contribution in [0.4, 0.5) is 0 Å². The first-order chi connectivity index (χ1) is 3.83. The molecule has 0 aromatic carbocycles. The molecule has 0 N–H and O–H groups in total. The molecule has 0 bridgehead atoms. The average Bonchev–Trinajstić information content (AvgIpc) is 2.50. The molecule has 1 heteroatoms. The van der Waals surface area contributed by atoms with E-state index in [1.807, 2.05) is 0 Å². The van der Waals surface area contributed by atoms with E-state index < -0.39 is 0 Å². The predicted octanol–water partition coefficient (Wildman–Crippen LogP) is 1.27. The molecule has 1 nitrogen and oxygen atoms in total. The summed E-state index contributed by atoms with van der Waals surface area (Å²) < 4.78 is 0. The van der Waals surface area contributed by atoms with Gasteiger partial charge in [0.1, 0.15) is 0 Å². The first-order valence-electron chi connectivity index (χ1n) is 3.19. The van der Waals surface area contributed by atoms with Crippen LogP contribution in [0, 0.1) is 0 Å². The number of rotatable bonds is 3. The summed E-state index contributed by atoms with van der Waals surface area (Å²) in [6, 6.07) is 0. The predicted molar refractivity (Wildman–Crippen MR) is 35.9 cm³/mol. The van der Waals surface area contributed by atoms with E-state index in [2.05, 4.69) is 24.9 Å². The number of likely N-dealkylation sites (N-methyl/N-ethyl adjacent to an activating group) is 1. The Labute approximate surface area is 51.0 Å². The summed E-state index contributed by atoms with van der Waals surface area (Å²) >= 11 is 0. The van der Waals surface area contributed by atoms with Crippen molar-refractivity contribution < 1.29 is 0 Å². The van der Waals surface area contributed by atoms with Gasteiger partial charge in [-0.3, -0.25) is 0 Å². The van der Waals surface area contributed by atoms with Gasteiger partial charge in [-0.25, -0.2) is 0 Å². The zero-order valence-corrected chi connectivity index (χ0v) is 5.65. The lowest BCUT2D eigenvalue weighted by Gasteiger charge is -2.09. The van der Waals surface area contributed by atoms with Crippen molar-refractivity contribution in [2.75, 3.05) is 20.1 Å². The third kappa shape index (κ3) is 1.66. The fourth-order valence-corrected chi connectivity index (χ4v) is 0.660. The third-order valence-corrected chi connectivity index (χ3v) is 1.51. The summed E-state index contributed by atoms with van der Waals surface area (Å²) in [5.41, 5.74) is 1.61. The summed E-state index contributed by atoms with van der Waals surface area (Å²) in [4.78, 5) is 2.32. The molecule has 0 aromatic rings. The maximum Gasteiger partial charge on any atom is 0.0192 e. The first kappa shape index (κ1) is 5.83. The molecule has 0 saturated carbocycles. The number of hydrogen-bond donors (Lipinski definition) is 0. The molecule has 0 aromatic heterocycles. The van der Waals surface area contributed by atoms with E-state index in [-0.39, 0.29) is 0 Å². The highest BCUT2D eigenvalue weighted by atomic mass is 15.1. The van der Waals surface area contributed by atoms with Crippen molar-refractivity contribution in [2.24, 2.45) is 0 Å². The second kappa shape index (κ2) is 2.31. The van der Waals surface area contributed by atoms with Gasteiger partial charge in [0, 0.05) is 6.54 Å². The van der Waals surface area contributed by atoms with Crippen LogP contribution in [0.3, 0.4) is 0 Å². The highest BCUT2D eigenvalue weighted by Gasteiger charge is 2.07. The molecule has 0 atom stereocenters. The van der Waals surface area contributed by atoms with Crippen molar-refractivity contribution in [2.45, 2.75) is 13.3 Å². The van der Waals surface area contributed by atoms with E-state index in [9.17, 15) is 0 Å². The minimum absolute atomic E-state index is 1.16. The van der Waals surface area contributed by atoms with Crippen LogP contribution < -0.4 is 0 Å². The van der Waals surface area contributed by atoms with Gasteiger partial charge in [0.25, 0.3) is 0 Å². The lowest BCUT2D eigenvalue weighted by Crippen LogP contribution is -2.17. The van der Waals surface area contributed by atoms with Gasteiger partial charge in [-0.15, -0.1) is 0 Å². The van der Waals surface area contributed by atoms with E-state index >= 15 is 0 Å². The molecule has 1 aliphatic carbocycles. The standard InChI is InChI=1S/C7H13N/c1-3-8(2)6-7-4-5-7/h4H,3,5-6H2,1-2H3. The quantitative estimate of drug-likeness (QED) is 0.496. The van der Waals surface area contributed by atoms with Gasteiger partial charge in [-0.2, -0.15) is 0 Å². The van der Waals surface area contributed by atoms with E-state index in [1.165, 1.54) is 13.0 Å². The van der Waals surface area contributed by atoms with Crippen molar-refractivity contribution in [1.82, 2.24) is 4.90 Å². The lowest BCUT2D eigenvalue weighted by atomic mass is 10.4. The summed E-state index contributed by atoms with van der Waals surface area (Å²) in [7, 11) is 2.15. The Balaban J connectivity index is 2.07. The smallest absolute Gasteiger partial charge is 0.0192 e. The Morgan fingerprint density at radius 3 is 2.75 bits per heavy atom. The maximum absolute atomic E-state index is 2.32. The SMILES string of the molecule is CCN(C)CC1=CC1. The molecule has 0 radical (unpaired) electrons. The van der Waals surface area contributed by atoms with Crippen LogP contribution in [-0.4, -0.2) is 25.0 Å². The highest BCUT2D eigenvalue weighted by Crippen LogP contribution is 2.17. The van der Waals surface area contributed by atoms with Gasteiger partial charge in [0.15, 0.2) is 0 Å². The average molecular weight is 111 g/mol. The Morgan fingerprint density at radius 1 is 1.75 bits per heavy atom. The fraction of sp³-hybridized carbons (Fsp3) is 0.714. The molecule has 46 valence electrons. The molecule has 0 fully saturated rings. The van der Waals surface area contributed by atoms with Crippen LogP contribution >= 0.6 is 0 Å². The van der Waals surface area contributed by atoms with E-state index in [4.69, 9.17) is 0 Å². The Hall–Kier alpha value is -0.300. The molecule has 0 heterocycles. The zero-order valence-electron chi connectivity index (χ0n) is 5.65. The van der Waals surface area contributed by atoms with Gasteiger partial charge in [-0.1, -0.05) is 18.6 Å². The normalized spacial score (nSPS) is 16.6. The number of allylic oxidation sites excluding steroid dienone is 1. The van der Waals surface area contributed by atoms with Crippen molar-refractivity contribution in [3.8, 4) is 0 Å². The molecule has 0 saturated heterocycles. The van der Waals surface area contributed by atoms with Crippen LogP contribution in [0.5, 0.6) is 0 Å². The molecule has 1 aliphatic rings. The van der Waals surface area contributed by atoms with Crippen molar-refractivity contribution >= 4 is 0 Å². The number of nitrogens with zero attached hydrogens (tertiary/aromatic N) is 1. The van der Waals surface area contributed by atoms with Crippen LogP contribution in [-0.2, 0) is 0 Å². The Morgan fingerprint density at radius 2 is 2.38 bits per heavy atom. The zero-order chi connectivity index (χ0) is 5.98. The highest BCUT2D eigenvalue weighted by molar-refractivity contribution is 5.23. The lowest BCUT2D eigenvalue weighted by molar-refractivity contribution is 0.387. The third-order valence-electron chi connectivity index (χ3n) is 1.51. The molecular weight excluding hydrogens is 98.1 g/mol. The fourth-order valence-electron chi connectivity index (χ4n) is 0.660. The van der Waals surface area contributed by atoms with E-state index in [0.717, 1.165) is 6.54 Å². The van der Waals surface area contributed by atoms with Crippen molar-refractivity contribution in [3.05, 3.63) is 11.6 Å². The largest absolute Gasteiger partial charge is 0.303 e. The molecular formula is C7H13N. The molecule has 0 aliphatic heterocycles. The topological polar surface area (TPSA) is 3.24 Å². The Kier molecular flexibility index (Phi) is 1.69. The van der Waals surface area contributed by atoms with Gasteiger partial charge in [0.05, 0.1) is 0 Å².